The maximum absolute atomic E-state index is 10.8. The maximum Gasteiger partial charge on any atom is 0.317 e. The molecule has 0 spiro atoms. The van der Waals surface area contributed by atoms with Gasteiger partial charge < -0.3 is 5.11 Å². The lowest BCUT2D eigenvalue weighted by molar-refractivity contribution is -0.138. The smallest absolute Gasteiger partial charge is 0.317 e. The molecule has 2 rings (SSSR count). The molecule has 1 saturated carbocycles. The van der Waals surface area contributed by atoms with Crippen LogP contribution in [0.2, 0.25) is 0 Å². The van der Waals surface area contributed by atoms with E-state index in [1.54, 1.807) is 0 Å². The Kier molecular flexibility index (Phi) is 4.15. The summed E-state index contributed by atoms with van der Waals surface area (Å²) in [6.45, 7) is 1.95. The Labute approximate surface area is 102 Å². The molecule has 3 heteroatoms. The minimum atomic E-state index is -0.723. The average Bonchev–Trinajstić information content (AvgIpc) is 3.10. The van der Waals surface area contributed by atoms with Gasteiger partial charge in [-0.1, -0.05) is 30.3 Å². The topological polar surface area (TPSA) is 40.5 Å². The summed E-state index contributed by atoms with van der Waals surface area (Å²) in [5, 5.41) is 8.87. The van der Waals surface area contributed by atoms with Crippen molar-refractivity contribution in [3.8, 4) is 0 Å². The highest BCUT2D eigenvalue weighted by molar-refractivity contribution is 5.69. The molecule has 0 aromatic heterocycles. The van der Waals surface area contributed by atoms with Crippen LogP contribution in [0.5, 0.6) is 0 Å². The third-order valence-electron chi connectivity index (χ3n) is 3.13. The second kappa shape index (κ2) is 5.82. The first-order chi connectivity index (χ1) is 8.24. The minimum Gasteiger partial charge on any atom is -0.480 e. The fraction of sp³-hybridized carbons (Fsp3) is 0.500. The van der Waals surface area contributed by atoms with Crippen molar-refractivity contribution in [1.82, 2.24) is 4.90 Å². The molecule has 0 bridgehead atoms. The summed E-state index contributed by atoms with van der Waals surface area (Å²) in [4.78, 5) is 12.8. The molecule has 0 saturated heterocycles. The fourth-order valence-electron chi connectivity index (χ4n) is 2.02. The van der Waals surface area contributed by atoms with Crippen molar-refractivity contribution in [2.45, 2.75) is 19.3 Å². The van der Waals surface area contributed by atoms with Crippen molar-refractivity contribution in [2.24, 2.45) is 5.92 Å². The van der Waals surface area contributed by atoms with Crippen molar-refractivity contribution < 1.29 is 9.90 Å². The second-order valence-electron chi connectivity index (χ2n) is 4.81. The molecule has 1 aromatic carbocycles. The van der Waals surface area contributed by atoms with E-state index in [1.807, 2.05) is 18.2 Å². The van der Waals surface area contributed by atoms with Crippen molar-refractivity contribution in [3.63, 3.8) is 0 Å². The number of hydrogen-bond donors (Lipinski definition) is 1. The molecule has 17 heavy (non-hydrogen) atoms. The number of carbonyl (C=O) groups is 1. The number of hydrogen-bond acceptors (Lipinski definition) is 2. The lowest BCUT2D eigenvalue weighted by atomic mass is 10.1. The van der Waals surface area contributed by atoms with Crippen LogP contribution in [0.15, 0.2) is 30.3 Å². The molecule has 0 radical (unpaired) electrons. The second-order valence-corrected chi connectivity index (χ2v) is 4.81. The fourth-order valence-corrected chi connectivity index (χ4v) is 2.02. The van der Waals surface area contributed by atoms with Crippen LogP contribution < -0.4 is 0 Å². The Morgan fingerprint density at radius 2 is 2.00 bits per heavy atom. The molecule has 3 nitrogen and oxygen atoms in total. The summed E-state index contributed by atoms with van der Waals surface area (Å²) < 4.78 is 0. The molecule has 1 aliphatic carbocycles. The van der Waals surface area contributed by atoms with Gasteiger partial charge in [0.25, 0.3) is 0 Å². The Morgan fingerprint density at radius 1 is 1.29 bits per heavy atom. The molecule has 0 unspecified atom stereocenters. The summed E-state index contributed by atoms with van der Waals surface area (Å²) in [6, 6.07) is 10.2. The van der Waals surface area contributed by atoms with Gasteiger partial charge in [0.15, 0.2) is 0 Å². The Morgan fingerprint density at radius 3 is 2.59 bits per heavy atom. The zero-order valence-electron chi connectivity index (χ0n) is 10.0. The Bertz CT molecular complexity index is 360. The van der Waals surface area contributed by atoms with Crippen LogP contribution in [0.25, 0.3) is 0 Å². The SMILES string of the molecule is O=C(O)CN(CCc1ccccc1)CC1CC1. The zero-order chi connectivity index (χ0) is 12.1. The Balaban J connectivity index is 1.81. The maximum atomic E-state index is 10.8. The monoisotopic (exact) mass is 233 g/mol. The minimum absolute atomic E-state index is 0.170. The van der Waals surface area contributed by atoms with Crippen molar-refractivity contribution >= 4 is 5.97 Å². The summed E-state index contributed by atoms with van der Waals surface area (Å²) >= 11 is 0. The van der Waals surface area contributed by atoms with Crippen molar-refractivity contribution in [3.05, 3.63) is 35.9 Å². The number of benzene rings is 1. The molecule has 0 atom stereocenters. The first-order valence-electron chi connectivity index (χ1n) is 6.22. The van der Waals surface area contributed by atoms with Gasteiger partial charge in [0.1, 0.15) is 0 Å². The lowest BCUT2D eigenvalue weighted by Crippen LogP contribution is -2.33. The van der Waals surface area contributed by atoms with Crippen molar-refractivity contribution in [2.75, 3.05) is 19.6 Å². The van der Waals surface area contributed by atoms with Crippen LogP contribution in [-0.2, 0) is 11.2 Å². The molecule has 0 heterocycles. The van der Waals surface area contributed by atoms with Crippen LogP contribution in [0.1, 0.15) is 18.4 Å². The molecule has 1 N–H and O–H groups in total. The molecule has 92 valence electrons. The van der Waals surface area contributed by atoms with Crippen LogP contribution >= 0.6 is 0 Å². The van der Waals surface area contributed by atoms with E-state index in [0.29, 0.717) is 0 Å². The number of nitrogens with zero attached hydrogens (tertiary/aromatic N) is 1. The Hall–Kier alpha value is -1.35. The van der Waals surface area contributed by atoms with E-state index >= 15 is 0 Å². The highest BCUT2D eigenvalue weighted by atomic mass is 16.4. The molecule has 1 aromatic rings. The summed E-state index contributed by atoms with van der Waals surface area (Å²) in [5.74, 6) is 0.0174. The average molecular weight is 233 g/mol. The standard InChI is InChI=1S/C14H19NO2/c16-14(17)11-15(10-13-6-7-13)9-8-12-4-2-1-3-5-12/h1-5,13H,6-11H2,(H,16,17). The predicted octanol–water partition coefficient (Wildman–Crippen LogP) is 2.03. The molecule has 1 fully saturated rings. The molecular formula is C14H19NO2. The van der Waals surface area contributed by atoms with Crippen molar-refractivity contribution in [1.29, 1.82) is 0 Å². The van der Waals surface area contributed by atoms with E-state index in [-0.39, 0.29) is 6.54 Å². The highest BCUT2D eigenvalue weighted by Gasteiger charge is 2.24. The van der Waals surface area contributed by atoms with Gasteiger partial charge in [0, 0.05) is 13.1 Å². The first kappa shape index (κ1) is 12.1. The number of carboxylic acids is 1. The predicted molar refractivity (Wildman–Crippen MR) is 66.9 cm³/mol. The largest absolute Gasteiger partial charge is 0.480 e. The molecule has 0 aliphatic heterocycles. The zero-order valence-corrected chi connectivity index (χ0v) is 10.0. The number of carboxylic acid groups (broad SMARTS) is 1. The summed E-state index contributed by atoms with van der Waals surface area (Å²) in [7, 11) is 0. The first-order valence-corrected chi connectivity index (χ1v) is 6.22. The summed E-state index contributed by atoms with van der Waals surface area (Å²) in [6.07, 6.45) is 3.46. The molecule has 0 amide bonds. The van der Waals surface area contributed by atoms with Crippen LogP contribution in [0.4, 0.5) is 0 Å². The van der Waals surface area contributed by atoms with Gasteiger partial charge in [-0.15, -0.1) is 0 Å². The van der Waals surface area contributed by atoms with E-state index in [9.17, 15) is 4.79 Å². The van der Waals surface area contributed by atoms with E-state index < -0.39 is 5.97 Å². The van der Waals surface area contributed by atoms with Crippen LogP contribution in [0.3, 0.4) is 0 Å². The number of rotatable bonds is 7. The van der Waals surface area contributed by atoms with Gasteiger partial charge in [-0.25, -0.2) is 0 Å². The number of aliphatic carboxylic acids is 1. The van der Waals surface area contributed by atoms with Crippen LogP contribution in [0, 0.1) is 5.92 Å². The van der Waals surface area contributed by atoms with Gasteiger partial charge in [-0.2, -0.15) is 0 Å². The van der Waals surface area contributed by atoms with E-state index in [4.69, 9.17) is 5.11 Å². The van der Waals surface area contributed by atoms with Gasteiger partial charge in [0.05, 0.1) is 6.54 Å². The highest BCUT2D eigenvalue weighted by Crippen LogP contribution is 2.29. The van der Waals surface area contributed by atoms with Gasteiger partial charge >= 0.3 is 5.97 Å². The normalized spacial score (nSPS) is 15.1. The quantitative estimate of drug-likeness (QED) is 0.783. The third-order valence-corrected chi connectivity index (χ3v) is 3.13. The van der Waals surface area contributed by atoms with E-state index in [2.05, 4.69) is 17.0 Å². The van der Waals surface area contributed by atoms with E-state index in [0.717, 1.165) is 25.4 Å². The van der Waals surface area contributed by atoms with Gasteiger partial charge in [-0.05, 0) is 30.7 Å². The summed E-state index contributed by atoms with van der Waals surface area (Å²) in [5.41, 5.74) is 1.28. The lowest BCUT2D eigenvalue weighted by Gasteiger charge is -2.19. The van der Waals surface area contributed by atoms with Crippen LogP contribution in [-0.4, -0.2) is 35.6 Å². The molecular weight excluding hydrogens is 214 g/mol. The van der Waals surface area contributed by atoms with Gasteiger partial charge in [-0.3, -0.25) is 9.69 Å². The van der Waals surface area contributed by atoms with Gasteiger partial charge in [0.2, 0.25) is 0 Å². The molecule has 1 aliphatic rings. The third kappa shape index (κ3) is 4.57. The van der Waals surface area contributed by atoms with E-state index in [1.165, 1.54) is 18.4 Å².